The van der Waals surface area contributed by atoms with Crippen LogP contribution in [0.2, 0.25) is 0 Å². The molecule has 2 nitrogen and oxygen atoms in total. The number of halogens is 3. The third-order valence-electron chi connectivity index (χ3n) is 3.53. The molecule has 0 fully saturated rings. The Morgan fingerprint density at radius 1 is 1.09 bits per heavy atom. The zero-order valence-electron chi connectivity index (χ0n) is 12.3. The van der Waals surface area contributed by atoms with Crippen LogP contribution >= 0.6 is 11.3 Å². The van der Waals surface area contributed by atoms with Crippen LogP contribution in [0.1, 0.15) is 18.1 Å². The first-order valence-electron chi connectivity index (χ1n) is 7.05. The Labute approximate surface area is 135 Å². The van der Waals surface area contributed by atoms with Gasteiger partial charge in [-0.05, 0) is 30.2 Å². The number of aryl methyl sites for hydroxylation is 1. The largest absolute Gasteiger partial charge is 0.416 e. The Morgan fingerprint density at radius 3 is 2.48 bits per heavy atom. The first kappa shape index (κ1) is 15.7. The van der Waals surface area contributed by atoms with E-state index >= 15 is 0 Å². The zero-order chi connectivity index (χ0) is 16.4. The van der Waals surface area contributed by atoms with Gasteiger partial charge in [-0.25, -0.2) is 4.98 Å². The van der Waals surface area contributed by atoms with Crippen LogP contribution in [0.5, 0.6) is 0 Å². The van der Waals surface area contributed by atoms with Gasteiger partial charge >= 0.3 is 6.18 Å². The molecule has 0 unspecified atom stereocenters. The van der Waals surface area contributed by atoms with Gasteiger partial charge in [0.1, 0.15) is 5.01 Å². The maximum atomic E-state index is 12.6. The number of rotatable bonds is 3. The van der Waals surface area contributed by atoms with Gasteiger partial charge in [0.2, 0.25) is 0 Å². The quantitative estimate of drug-likeness (QED) is 0.636. The van der Waals surface area contributed by atoms with E-state index in [4.69, 9.17) is 0 Å². The highest BCUT2D eigenvalue weighted by Gasteiger charge is 2.30. The number of hydrogen-bond donors (Lipinski definition) is 0. The molecule has 2 heterocycles. The Balaban J connectivity index is 1.93. The van der Waals surface area contributed by atoms with Gasteiger partial charge in [-0.15, -0.1) is 11.3 Å². The van der Waals surface area contributed by atoms with Crippen molar-refractivity contribution in [1.82, 2.24) is 9.97 Å². The molecule has 0 radical (unpaired) electrons. The fraction of sp³-hybridized carbons (Fsp3) is 0.176. The van der Waals surface area contributed by atoms with Crippen molar-refractivity contribution < 1.29 is 13.2 Å². The normalized spacial score (nSPS) is 11.7. The maximum absolute atomic E-state index is 12.6. The van der Waals surface area contributed by atoms with Crippen LogP contribution in [0.3, 0.4) is 0 Å². The summed E-state index contributed by atoms with van der Waals surface area (Å²) in [5, 5.41) is 2.68. The molecular formula is C17H13F3N2S. The summed E-state index contributed by atoms with van der Waals surface area (Å²) in [5.74, 6) is 0. The lowest BCUT2D eigenvalue weighted by Crippen LogP contribution is -2.03. The van der Waals surface area contributed by atoms with E-state index in [2.05, 4.69) is 16.9 Å². The molecule has 0 aliphatic rings. The van der Waals surface area contributed by atoms with Gasteiger partial charge < -0.3 is 0 Å². The summed E-state index contributed by atoms with van der Waals surface area (Å²) in [6.45, 7) is 2.06. The Bertz CT molecular complexity index is 807. The fourth-order valence-corrected chi connectivity index (χ4v) is 3.16. The highest BCUT2D eigenvalue weighted by molar-refractivity contribution is 7.13. The molecule has 0 amide bonds. The van der Waals surface area contributed by atoms with Crippen LogP contribution < -0.4 is 0 Å². The number of hydrogen-bond acceptors (Lipinski definition) is 3. The Hall–Kier alpha value is -2.21. The van der Waals surface area contributed by atoms with Crippen molar-refractivity contribution in [3.8, 4) is 21.8 Å². The molecule has 0 saturated carbocycles. The van der Waals surface area contributed by atoms with Gasteiger partial charge in [0, 0.05) is 28.9 Å². The van der Waals surface area contributed by atoms with Crippen LogP contribution in [0.15, 0.2) is 48.1 Å². The van der Waals surface area contributed by atoms with E-state index in [0.717, 1.165) is 34.7 Å². The number of thiazole rings is 1. The van der Waals surface area contributed by atoms with Crippen molar-refractivity contribution in [2.45, 2.75) is 19.5 Å². The first-order valence-corrected chi connectivity index (χ1v) is 7.93. The molecule has 0 aliphatic carbocycles. The monoisotopic (exact) mass is 334 g/mol. The molecule has 6 heteroatoms. The van der Waals surface area contributed by atoms with E-state index < -0.39 is 11.7 Å². The molecule has 3 rings (SSSR count). The second-order valence-corrected chi connectivity index (χ2v) is 5.86. The van der Waals surface area contributed by atoms with E-state index in [1.54, 1.807) is 12.4 Å². The molecule has 23 heavy (non-hydrogen) atoms. The van der Waals surface area contributed by atoms with Crippen LogP contribution in [-0.2, 0) is 12.6 Å². The zero-order valence-corrected chi connectivity index (χ0v) is 13.1. The van der Waals surface area contributed by atoms with Gasteiger partial charge in [0.15, 0.2) is 0 Å². The third-order valence-corrected chi connectivity index (χ3v) is 4.41. The molecule has 0 aliphatic heterocycles. The number of pyridine rings is 1. The molecule has 0 saturated heterocycles. The summed E-state index contributed by atoms with van der Waals surface area (Å²) in [6.07, 6.45) is 0.0610. The molecular weight excluding hydrogens is 321 g/mol. The predicted molar refractivity (Wildman–Crippen MR) is 85.2 cm³/mol. The lowest BCUT2D eigenvalue weighted by molar-refractivity contribution is -0.137. The van der Waals surface area contributed by atoms with Crippen molar-refractivity contribution >= 4 is 11.3 Å². The molecule has 0 spiro atoms. The average molecular weight is 334 g/mol. The Morgan fingerprint density at radius 2 is 1.83 bits per heavy atom. The van der Waals surface area contributed by atoms with Crippen LogP contribution in [0, 0.1) is 0 Å². The van der Waals surface area contributed by atoms with Gasteiger partial charge in [-0.1, -0.05) is 19.1 Å². The standard InChI is InChI=1S/C17H13F3N2S/c1-2-11-7-8-21-9-14(11)16-22-15(10-23-16)12-3-5-13(6-4-12)17(18,19)20/h3-10H,2H2,1H3. The smallest absolute Gasteiger partial charge is 0.264 e. The highest BCUT2D eigenvalue weighted by atomic mass is 32.1. The van der Waals surface area contributed by atoms with Crippen molar-refractivity contribution in [2.75, 3.05) is 0 Å². The second kappa shape index (κ2) is 6.12. The van der Waals surface area contributed by atoms with Crippen molar-refractivity contribution in [1.29, 1.82) is 0 Å². The molecule has 0 bridgehead atoms. The minimum Gasteiger partial charge on any atom is -0.264 e. The summed E-state index contributed by atoms with van der Waals surface area (Å²) >= 11 is 1.46. The number of aromatic nitrogens is 2. The summed E-state index contributed by atoms with van der Waals surface area (Å²) in [6, 6.07) is 7.01. The van der Waals surface area contributed by atoms with Crippen LogP contribution in [-0.4, -0.2) is 9.97 Å². The second-order valence-electron chi connectivity index (χ2n) is 5.00. The van der Waals surface area contributed by atoms with E-state index in [9.17, 15) is 13.2 Å². The third kappa shape index (κ3) is 3.27. The minimum absolute atomic E-state index is 0.655. The SMILES string of the molecule is CCc1ccncc1-c1nc(-c2ccc(C(F)(F)F)cc2)cs1. The molecule has 0 N–H and O–H groups in total. The number of benzene rings is 1. The lowest BCUT2D eigenvalue weighted by atomic mass is 10.1. The van der Waals surface area contributed by atoms with Gasteiger partial charge in [-0.2, -0.15) is 13.2 Å². The highest BCUT2D eigenvalue weighted by Crippen LogP contribution is 2.33. The lowest BCUT2D eigenvalue weighted by Gasteiger charge is -2.06. The van der Waals surface area contributed by atoms with E-state index in [1.165, 1.54) is 23.5 Å². The van der Waals surface area contributed by atoms with Crippen molar-refractivity contribution in [3.63, 3.8) is 0 Å². The van der Waals surface area contributed by atoms with E-state index in [-0.39, 0.29) is 0 Å². The van der Waals surface area contributed by atoms with Crippen molar-refractivity contribution in [2.24, 2.45) is 0 Å². The van der Waals surface area contributed by atoms with Crippen molar-refractivity contribution in [3.05, 3.63) is 59.2 Å². The molecule has 0 atom stereocenters. The molecule has 1 aromatic carbocycles. The number of alkyl halides is 3. The van der Waals surface area contributed by atoms with Gasteiger partial charge in [0.25, 0.3) is 0 Å². The van der Waals surface area contributed by atoms with E-state index in [1.807, 2.05) is 11.4 Å². The summed E-state index contributed by atoms with van der Waals surface area (Å²) < 4.78 is 37.8. The van der Waals surface area contributed by atoms with Gasteiger partial charge in [0.05, 0.1) is 11.3 Å². The average Bonchev–Trinajstić information content (AvgIpc) is 3.04. The molecule has 118 valence electrons. The number of nitrogens with zero attached hydrogens (tertiary/aromatic N) is 2. The first-order chi connectivity index (χ1) is 11.0. The fourth-order valence-electron chi connectivity index (χ4n) is 2.28. The topological polar surface area (TPSA) is 25.8 Å². The summed E-state index contributed by atoms with van der Waals surface area (Å²) in [5.41, 5.74) is 2.80. The molecule has 2 aromatic heterocycles. The van der Waals surface area contributed by atoms with Gasteiger partial charge in [-0.3, -0.25) is 4.98 Å². The minimum atomic E-state index is -4.32. The molecule has 3 aromatic rings. The van der Waals surface area contributed by atoms with Crippen LogP contribution in [0.4, 0.5) is 13.2 Å². The van der Waals surface area contributed by atoms with Crippen LogP contribution in [0.25, 0.3) is 21.8 Å². The van der Waals surface area contributed by atoms with E-state index in [0.29, 0.717) is 11.3 Å². The summed E-state index contributed by atoms with van der Waals surface area (Å²) in [7, 11) is 0. The maximum Gasteiger partial charge on any atom is 0.416 e. The predicted octanol–water partition coefficient (Wildman–Crippen LogP) is 5.45. The Kier molecular flexibility index (Phi) is 4.17. The summed E-state index contributed by atoms with van der Waals surface area (Å²) in [4.78, 5) is 8.68.